The number of methoxy groups -OCH3 is 1. The van der Waals surface area contributed by atoms with Crippen molar-refractivity contribution in [1.29, 1.82) is 0 Å². The van der Waals surface area contributed by atoms with Crippen LogP contribution in [0, 0.1) is 5.82 Å². The number of aliphatic imine (C=N–C) groups is 1. The van der Waals surface area contributed by atoms with Crippen molar-refractivity contribution in [3.8, 4) is 11.5 Å². The highest BCUT2D eigenvalue weighted by Crippen LogP contribution is 2.31. The van der Waals surface area contributed by atoms with Gasteiger partial charge in [-0.25, -0.2) is 14.2 Å². The van der Waals surface area contributed by atoms with Crippen LogP contribution >= 0.6 is 23.2 Å². The second kappa shape index (κ2) is 9.42. The van der Waals surface area contributed by atoms with E-state index in [1.165, 1.54) is 31.4 Å². The Morgan fingerprint density at radius 1 is 1.03 bits per heavy atom. The van der Waals surface area contributed by atoms with Crippen LogP contribution in [0.5, 0.6) is 11.5 Å². The largest absolute Gasteiger partial charge is 0.493 e. The Morgan fingerprint density at radius 2 is 1.81 bits per heavy atom. The number of ether oxygens (including phenoxy) is 3. The maximum Gasteiger partial charge on any atom is 0.363 e. The Morgan fingerprint density at radius 3 is 2.53 bits per heavy atom. The topological polar surface area (TPSA) is 57.1 Å². The number of halogens is 3. The summed E-state index contributed by atoms with van der Waals surface area (Å²) in [5.41, 5.74) is 2.06. The summed E-state index contributed by atoms with van der Waals surface area (Å²) in [5.74, 6) is 0.111. The van der Waals surface area contributed by atoms with E-state index in [2.05, 4.69) is 4.99 Å². The van der Waals surface area contributed by atoms with Crippen LogP contribution in [-0.2, 0) is 16.1 Å². The van der Waals surface area contributed by atoms with Gasteiger partial charge in [0.2, 0.25) is 5.90 Å². The maximum atomic E-state index is 13.1. The summed E-state index contributed by atoms with van der Waals surface area (Å²) in [6.07, 6.45) is 1.57. The Kier molecular flexibility index (Phi) is 6.44. The van der Waals surface area contributed by atoms with Gasteiger partial charge in [0, 0.05) is 21.2 Å². The number of rotatable bonds is 6. The summed E-state index contributed by atoms with van der Waals surface area (Å²) < 4.78 is 29.6. The number of hydrogen-bond donors (Lipinski definition) is 0. The predicted octanol–water partition coefficient (Wildman–Crippen LogP) is 6.06. The molecule has 1 aliphatic heterocycles. The molecule has 1 heterocycles. The lowest BCUT2D eigenvalue weighted by molar-refractivity contribution is -0.129. The van der Waals surface area contributed by atoms with Crippen LogP contribution < -0.4 is 9.47 Å². The number of cyclic esters (lactones) is 1. The van der Waals surface area contributed by atoms with Crippen molar-refractivity contribution in [3.05, 3.63) is 98.9 Å². The highest BCUT2D eigenvalue weighted by molar-refractivity contribution is 6.35. The molecule has 1 aliphatic rings. The van der Waals surface area contributed by atoms with E-state index in [0.29, 0.717) is 32.7 Å². The Balaban J connectivity index is 1.53. The van der Waals surface area contributed by atoms with Gasteiger partial charge in [-0.2, -0.15) is 0 Å². The van der Waals surface area contributed by atoms with Crippen LogP contribution in [0.3, 0.4) is 0 Å². The number of carbonyl (C=O) groups excluding carboxylic acids is 1. The lowest BCUT2D eigenvalue weighted by Crippen LogP contribution is -2.05. The van der Waals surface area contributed by atoms with Crippen LogP contribution in [0.25, 0.3) is 6.08 Å². The standard InChI is InChI=1S/C24H16Cl2FNO4/c1-30-22-11-14(2-9-21(22)31-13-16-3-6-17(25)12-19(16)26)10-20-24(29)32-23(28-20)15-4-7-18(27)8-5-15/h2-12H,13H2,1H3/b20-10-. The molecule has 0 N–H and O–H groups in total. The molecule has 0 unspecified atom stereocenters. The molecule has 0 radical (unpaired) electrons. The molecular weight excluding hydrogens is 456 g/mol. The molecule has 3 aromatic rings. The lowest BCUT2D eigenvalue weighted by atomic mass is 10.1. The molecule has 4 rings (SSSR count). The SMILES string of the molecule is COc1cc(/C=C2\N=C(c3ccc(F)cc3)OC2=O)ccc1OCc1ccc(Cl)cc1Cl. The van der Waals surface area contributed by atoms with Crippen LogP contribution in [0.4, 0.5) is 4.39 Å². The van der Waals surface area contributed by atoms with Crippen molar-refractivity contribution in [2.45, 2.75) is 6.61 Å². The van der Waals surface area contributed by atoms with Gasteiger partial charge in [-0.15, -0.1) is 0 Å². The van der Waals surface area contributed by atoms with E-state index in [-0.39, 0.29) is 24.0 Å². The van der Waals surface area contributed by atoms with E-state index in [1.54, 1.807) is 42.5 Å². The van der Waals surface area contributed by atoms with E-state index in [0.717, 1.165) is 5.56 Å². The number of nitrogens with zero attached hydrogens (tertiary/aromatic N) is 1. The average molecular weight is 472 g/mol. The Hall–Kier alpha value is -3.35. The molecular formula is C24H16Cl2FNO4. The summed E-state index contributed by atoms with van der Waals surface area (Å²) in [6, 6.07) is 15.9. The highest BCUT2D eigenvalue weighted by Gasteiger charge is 2.24. The normalized spacial score (nSPS) is 14.3. The predicted molar refractivity (Wildman–Crippen MR) is 121 cm³/mol. The van der Waals surface area contributed by atoms with Crippen molar-refractivity contribution in [1.82, 2.24) is 0 Å². The highest BCUT2D eigenvalue weighted by atomic mass is 35.5. The molecule has 0 aromatic heterocycles. The fourth-order valence-electron chi connectivity index (χ4n) is 2.97. The molecule has 0 fully saturated rings. The van der Waals surface area contributed by atoms with E-state index in [4.69, 9.17) is 37.4 Å². The van der Waals surface area contributed by atoms with Crippen molar-refractivity contribution < 1.29 is 23.4 Å². The van der Waals surface area contributed by atoms with E-state index < -0.39 is 5.97 Å². The quantitative estimate of drug-likeness (QED) is 0.323. The monoisotopic (exact) mass is 471 g/mol. The van der Waals surface area contributed by atoms with Gasteiger partial charge in [0.15, 0.2) is 17.2 Å². The van der Waals surface area contributed by atoms with Gasteiger partial charge in [-0.3, -0.25) is 0 Å². The first kappa shape index (κ1) is 21.9. The lowest BCUT2D eigenvalue weighted by Gasteiger charge is -2.12. The van der Waals surface area contributed by atoms with E-state index >= 15 is 0 Å². The maximum absolute atomic E-state index is 13.1. The first-order valence-electron chi connectivity index (χ1n) is 9.46. The van der Waals surface area contributed by atoms with Gasteiger partial charge in [-0.05, 0) is 60.2 Å². The molecule has 162 valence electrons. The zero-order chi connectivity index (χ0) is 22.7. The molecule has 3 aromatic carbocycles. The average Bonchev–Trinajstić information content (AvgIpc) is 3.14. The molecule has 0 amide bonds. The zero-order valence-electron chi connectivity index (χ0n) is 16.8. The first-order valence-corrected chi connectivity index (χ1v) is 10.2. The fraction of sp³-hybridized carbons (Fsp3) is 0.0833. The number of hydrogen-bond acceptors (Lipinski definition) is 5. The van der Waals surface area contributed by atoms with Gasteiger partial charge < -0.3 is 14.2 Å². The molecule has 0 aliphatic carbocycles. The fourth-order valence-corrected chi connectivity index (χ4v) is 3.43. The minimum Gasteiger partial charge on any atom is -0.493 e. The molecule has 32 heavy (non-hydrogen) atoms. The molecule has 0 saturated carbocycles. The van der Waals surface area contributed by atoms with Crippen LogP contribution in [-0.4, -0.2) is 19.0 Å². The van der Waals surface area contributed by atoms with Crippen molar-refractivity contribution >= 4 is 41.1 Å². The van der Waals surface area contributed by atoms with Gasteiger partial charge in [0.25, 0.3) is 0 Å². The molecule has 0 atom stereocenters. The van der Waals surface area contributed by atoms with Gasteiger partial charge in [0.05, 0.1) is 7.11 Å². The molecule has 0 saturated heterocycles. The third-order valence-electron chi connectivity index (χ3n) is 4.60. The molecule has 0 spiro atoms. The first-order chi connectivity index (χ1) is 15.4. The van der Waals surface area contributed by atoms with Crippen molar-refractivity contribution in [3.63, 3.8) is 0 Å². The third-order valence-corrected chi connectivity index (χ3v) is 5.19. The molecule has 8 heteroatoms. The summed E-state index contributed by atoms with van der Waals surface area (Å²) in [7, 11) is 1.52. The Bertz CT molecular complexity index is 1240. The third kappa shape index (κ3) is 4.93. The van der Waals surface area contributed by atoms with Crippen molar-refractivity contribution in [2.75, 3.05) is 7.11 Å². The smallest absolute Gasteiger partial charge is 0.363 e. The van der Waals surface area contributed by atoms with Gasteiger partial charge >= 0.3 is 5.97 Å². The number of esters is 1. The minimum absolute atomic E-state index is 0.119. The van der Waals surface area contributed by atoms with Crippen LogP contribution in [0.2, 0.25) is 10.0 Å². The summed E-state index contributed by atoms with van der Waals surface area (Å²) in [6.45, 7) is 0.227. The van der Waals surface area contributed by atoms with Crippen LogP contribution in [0.15, 0.2) is 71.4 Å². The second-order valence-corrected chi connectivity index (χ2v) is 7.62. The Labute approximate surface area is 193 Å². The van der Waals surface area contributed by atoms with Gasteiger partial charge in [0.1, 0.15) is 12.4 Å². The van der Waals surface area contributed by atoms with Crippen molar-refractivity contribution in [2.24, 2.45) is 4.99 Å². The number of benzene rings is 3. The summed E-state index contributed by atoms with van der Waals surface area (Å²) >= 11 is 12.1. The summed E-state index contributed by atoms with van der Waals surface area (Å²) in [4.78, 5) is 16.4. The van der Waals surface area contributed by atoms with Gasteiger partial charge in [-0.1, -0.05) is 35.3 Å². The molecule has 0 bridgehead atoms. The second-order valence-electron chi connectivity index (χ2n) is 6.78. The van der Waals surface area contributed by atoms with Crippen LogP contribution in [0.1, 0.15) is 16.7 Å². The molecule has 5 nitrogen and oxygen atoms in total. The summed E-state index contributed by atoms with van der Waals surface area (Å²) in [5, 5.41) is 1.05. The minimum atomic E-state index is -0.596. The van der Waals surface area contributed by atoms with E-state index in [1.807, 2.05) is 0 Å². The van der Waals surface area contributed by atoms with E-state index in [9.17, 15) is 9.18 Å². The zero-order valence-corrected chi connectivity index (χ0v) is 18.3. The number of carbonyl (C=O) groups is 1.